The van der Waals surface area contributed by atoms with Gasteiger partial charge in [-0.3, -0.25) is 4.90 Å². The number of aromatic nitrogens is 1. The van der Waals surface area contributed by atoms with Gasteiger partial charge in [0.25, 0.3) is 0 Å². The Morgan fingerprint density at radius 1 is 1.47 bits per heavy atom. The smallest absolute Gasteiger partial charge is 0.123 e. The Morgan fingerprint density at radius 2 is 2.33 bits per heavy atom. The van der Waals surface area contributed by atoms with Gasteiger partial charge in [-0.15, -0.1) is 0 Å². The topological polar surface area (TPSA) is 42.1 Å². The molecule has 0 radical (unpaired) electrons. The van der Waals surface area contributed by atoms with Crippen molar-refractivity contribution < 1.29 is 0 Å². The number of pyridine rings is 1. The Labute approximate surface area is 91.3 Å². The molecule has 15 heavy (non-hydrogen) atoms. The average molecular weight is 205 g/mol. The van der Waals surface area contributed by atoms with Crippen LogP contribution in [-0.2, 0) is 0 Å². The minimum absolute atomic E-state index is 0.553. The first-order valence-electron chi connectivity index (χ1n) is 5.76. The number of hydrogen-bond donors (Lipinski definition) is 1. The van der Waals surface area contributed by atoms with Gasteiger partial charge in [0, 0.05) is 12.2 Å². The molecule has 2 heterocycles. The highest BCUT2D eigenvalue weighted by molar-refractivity contribution is 5.30. The summed E-state index contributed by atoms with van der Waals surface area (Å²) in [6.07, 6.45) is 5.83. The normalized spacial score (nSPS) is 22.9. The van der Waals surface area contributed by atoms with E-state index in [0.29, 0.717) is 11.9 Å². The third-order valence-corrected chi connectivity index (χ3v) is 3.21. The highest BCUT2D eigenvalue weighted by atomic mass is 15.2. The van der Waals surface area contributed by atoms with Crippen molar-refractivity contribution in [3.63, 3.8) is 0 Å². The number of anilines is 1. The number of rotatable bonds is 2. The Morgan fingerprint density at radius 3 is 3.00 bits per heavy atom. The summed E-state index contributed by atoms with van der Waals surface area (Å²) in [7, 11) is 0. The molecule has 82 valence electrons. The summed E-state index contributed by atoms with van der Waals surface area (Å²) < 4.78 is 0. The van der Waals surface area contributed by atoms with Crippen LogP contribution in [0.2, 0.25) is 0 Å². The second-order valence-corrected chi connectivity index (χ2v) is 4.16. The molecule has 1 saturated heterocycles. The zero-order valence-corrected chi connectivity index (χ0v) is 9.32. The van der Waals surface area contributed by atoms with Crippen molar-refractivity contribution in [2.75, 3.05) is 18.8 Å². The van der Waals surface area contributed by atoms with Crippen molar-refractivity contribution in [2.45, 2.75) is 32.2 Å². The van der Waals surface area contributed by atoms with E-state index in [1.54, 1.807) is 0 Å². The molecule has 3 nitrogen and oxygen atoms in total. The van der Waals surface area contributed by atoms with Crippen molar-refractivity contribution in [1.82, 2.24) is 9.88 Å². The molecule has 0 aromatic carbocycles. The quantitative estimate of drug-likeness (QED) is 0.805. The monoisotopic (exact) mass is 205 g/mol. The minimum Gasteiger partial charge on any atom is -0.384 e. The fourth-order valence-corrected chi connectivity index (χ4v) is 2.36. The number of nitrogens with two attached hydrogens (primary N) is 1. The molecular weight excluding hydrogens is 186 g/mol. The van der Waals surface area contributed by atoms with E-state index in [1.165, 1.54) is 31.4 Å². The van der Waals surface area contributed by atoms with Crippen molar-refractivity contribution in [3.8, 4) is 0 Å². The van der Waals surface area contributed by atoms with Gasteiger partial charge < -0.3 is 5.73 Å². The van der Waals surface area contributed by atoms with Crippen LogP contribution >= 0.6 is 0 Å². The third-order valence-electron chi connectivity index (χ3n) is 3.21. The van der Waals surface area contributed by atoms with Gasteiger partial charge in [-0.25, -0.2) is 4.98 Å². The molecule has 0 unspecified atom stereocenters. The predicted molar refractivity (Wildman–Crippen MR) is 62.5 cm³/mol. The van der Waals surface area contributed by atoms with Gasteiger partial charge in [-0.05, 0) is 37.6 Å². The van der Waals surface area contributed by atoms with Gasteiger partial charge in [0.1, 0.15) is 5.82 Å². The summed E-state index contributed by atoms with van der Waals surface area (Å²) in [6.45, 7) is 4.56. The lowest BCUT2D eigenvalue weighted by Crippen LogP contribution is -2.33. The third kappa shape index (κ3) is 2.29. The first kappa shape index (κ1) is 10.4. The van der Waals surface area contributed by atoms with E-state index in [-0.39, 0.29) is 0 Å². The SMILES string of the molecule is CCN1CCCC[C@H]1c1ccc(N)nc1. The summed E-state index contributed by atoms with van der Waals surface area (Å²) in [5.41, 5.74) is 6.91. The van der Waals surface area contributed by atoms with Crippen LogP contribution in [0.3, 0.4) is 0 Å². The van der Waals surface area contributed by atoms with Gasteiger partial charge >= 0.3 is 0 Å². The van der Waals surface area contributed by atoms with E-state index in [4.69, 9.17) is 5.73 Å². The van der Waals surface area contributed by atoms with E-state index in [9.17, 15) is 0 Å². The Bertz CT molecular complexity index is 307. The zero-order chi connectivity index (χ0) is 10.7. The fourth-order valence-electron chi connectivity index (χ4n) is 2.36. The largest absolute Gasteiger partial charge is 0.384 e. The number of likely N-dealkylation sites (tertiary alicyclic amines) is 1. The molecule has 1 aliphatic rings. The van der Waals surface area contributed by atoms with Crippen LogP contribution in [0.15, 0.2) is 18.3 Å². The number of nitrogens with zero attached hydrogens (tertiary/aromatic N) is 2. The highest BCUT2D eigenvalue weighted by Crippen LogP contribution is 2.30. The van der Waals surface area contributed by atoms with E-state index in [0.717, 1.165) is 6.54 Å². The molecule has 0 saturated carbocycles. The van der Waals surface area contributed by atoms with Crippen LogP contribution in [0.1, 0.15) is 37.8 Å². The molecule has 0 amide bonds. The maximum absolute atomic E-state index is 5.60. The maximum Gasteiger partial charge on any atom is 0.123 e. The second kappa shape index (κ2) is 4.62. The first-order valence-corrected chi connectivity index (χ1v) is 5.76. The molecular formula is C12H19N3. The Hall–Kier alpha value is -1.09. The molecule has 3 heteroatoms. The first-order chi connectivity index (χ1) is 7.31. The van der Waals surface area contributed by atoms with Crippen LogP contribution in [0, 0.1) is 0 Å². The molecule has 2 N–H and O–H groups in total. The average Bonchev–Trinajstić information content (AvgIpc) is 2.30. The van der Waals surface area contributed by atoms with Gasteiger partial charge in [-0.1, -0.05) is 19.4 Å². The summed E-state index contributed by atoms with van der Waals surface area (Å²) in [5.74, 6) is 0.609. The summed E-state index contributed by atoms with van der Waals surface area (Å²) >= 11 is 0. The van der Waals surface area contributed by atoms with E-state index < -0.39 is 0 Å². The molecule has 1 fully saturated rings. The summed E-state index contributed by atoms with van der Waals surface area (Å²) in [6, 6.07) is 4.57. The minimum atomic E-state index is 0.553. The lowest BCUT2D eigenvalue weighted by molar-refractivity contribution is 0.157. The zero-order valence-electron chi connectivity index (χ0n) is 9.32. The van der Waals surface area contributed by atoms with Crippen LogP contribution < -0.4 is 5.73 Å². The standard InChI is InChI=1S/C12H19N3/c1-2-15-8-4-3-5-11(15)10-6-7-12(13)14-9-10/h6-7,9,11H,2-5,8H2,1H3,(H2,13,14)/t11-/m0/s1. The number of hydrogen-bond acceptors (Lipinski definition) is 3. The highest BCUT2D eigenvalue weighted by Gasteiger charge is 2.22. The fraction of sp³-hybridized carbons (Fsp3) is 0.583. The van der Waals surface area contributed by atoms with Gasteiger partial charge in [0.15, 0.2) is 0 Å². The number of piperidine rings is 1. The van der Waals surface area contributed by atoms with Gasteiger partial charge in [-0.2, -0.15) is 0 Å². The molecule has 1 aliphatic heterocycles. The molecule has 1 aromatic heterocycles. The molecule has 1 aromatic rings. The molecule has 0 spiro atoms. The lowest BCUT2D eigenvalue weighted by atomic mass is 9.96. The molecule has 0 aliphatic carbocycles. The van der Waals surface area contributed by atoms with E-state index >= 15 is 0 Å². The van der Waals surface area contributed by atoms with Gasteiger partial charge in [0.05, 0.1) is 0 Å². The maximum atomic E-state index is 5.60. The van der Waals surface area contributed by atoms with Crippen LogP contribution in [-0.4, -0.2) is 23.0 Å². The van der Waals surface area contributed by atoms with Crippen molar-refractivity contribution in [2.24, 2.45) is 0 Å². The summed E-state index contributed by atoms with van der Waals surface area (Å²) in [5, 5.41) is 0. The van der Waals surface area contributed by atoms with Gasteiger partial charge in [0.2, 0.25) is 0 Å². The predicted octanol–water partition coefficient (Wildman–Crippen LogP) is 2.21. The van der Waals surface area contributed by atoms with Crippen LogP contribution in [0.25, 0.3) is 0 Å². The molecule has 0 bridgehead atoms. The van der Waals surface area contributed by atoms with Crippen molar-refractivity contribution in [3.05, 3.63) is 23.9 Å². The van der Waals surface area contributed by atoms with Crippen LogP contribution in [0.4, 0.5) is 5.82 Å². The van der Waals surface area contributed by atoms with Crippen molar-refractivity contribution >= 4 is 5.82 Å². The van der Waals surface area contributed by atoms with Crippen molar-refractivity contribution in [1.29, 1.82) is 0 Å². The Kier molecular flexibility index (Phi) is 3.21. The second-order valence-electron chi connectivity index (χ2n) is 4.16. The molecule has 2 rings (SSSR count). The van der Waals surface area contributed by atoms with E-state index in [1.807, 2.05) is 12.3 Å². The van der Waals surface area contributed by atoms with E-state index in [2.05, 4.69) is 22.9 Å². The molecule has 1 atom stereocenters. The summed E-state index contributed by atoms with van der Waals surface area (Å²) in [4.78, 5) is 6.70. The lowest BCUT2D eigenvalue weighted by Gasteiger charge is -2.34. The number of nitrogen functional groups attached to an aromatic ring is 1. The Balaban J connectivity index is 2.16. The van der Waals surface area contributed by atoms with Crippen LogP contribution in [0.5, 0.6) is 0 Å².